The first-order valence-corrected chi connectivity index (χ1v) is 26.7. The number of carboxylic acid groups (broad SMARTS) is 1. The third-order valence-electron chi connectivity index (χ3n) is 12.0. The zero-order valence-corrected chi connectivity index (χ0v) is 42.5. The predicted molar refractivity (Wildman–Crippen MR) is 271 cm³/mol. The summed E-state index contributed by atoms with van der Waals surface area (Å²) in [6.45, 7) is 4.66. The summed E-state index contributed by atoms with van der Waals surface area (Å²) in [4.78, 5) is 37.2. The highest BCUT2D eigenvalue weighted by Gasteiger charge is 2.31. The monoisotopic (exact) mass is 901 g/mol. The normalized spacial score (nSPS) is 13.2. The van der Waals surface area contributed by atoms with Crippen molar-refractivity contribution in [2.45, 2.75) is 251 Å². The number of rotatable bonds is 48. The molecule has 0 saturated heterocycles. The molecule has 372 valence electrons. The van der Waals surface area contributed by atoms with Crippen molar-refractivity contribution in [3.05, 3.63) is 48.6 Å². The zero-order valence-electron chi connectivity index (χ0n) is 42.5. The van der Waals surface area contributed by atoms with Crippen LogP contribution in [0.4, 0.5) is 0 Å². The molecule has 8 nitrogen and oxygen atoms in total. The summed E-state index contributed by atoms with van der Waals surface area (Å²) < 4.78 is 17.4. The second-order valence-electron chi connectivity index (χ2n) is 19.1. The van der Waals surface area contributed by atoms with Gasteiger partial charge in [-0.3, -0.25) is 9.59 Å². The minimum Gasteiger partial charge on any atom is -0.477 e. The Morgan fingerprint density at radius 3 is 1.30 bits per heavy atom. The first kappa shape index (κ1) is 61.3. The molecule has 2 atom stereocenters. The van der Waals surface area contributed by atoms with Gasteiger partial charge < -0.3 is 23.8 Å². The number of quaternary nitrogens is 1. The van der Waals surface area contributed by atoms with E-state index in [0.717, 1.165) is 64.2 Å². The largest absolute Gasteiger partial charge is 0.477 e. The number of allylic oxidation sites excluding steroid dienone is 8. The van der Waals surface area contributed by atoms with Gasteiger partial charge in [-0.2, -0.15) is 0 Å². The van der Waals surface area contributed by atoms with Crippen LogP contribution in [0.1, 0.15) is 239 Å². The van der Waals surface area contributed by atoms with Crippen LogP contribution < -0.4 is 0 Å². The molecule has 0 aromatic rings. The topological polar surface area (TPSA) is 99.1 Å². The summed E-state index contributed by atoms with van der Waals surface area (Å²) in [6, 6.07) is -0.615. The molecule has 0 fully saturated rings. The lowest BCUT2D eigenvalue weighted by Crippen LogP contribution is -2.50. The molecule has 0 radical (unpaired) electrons. The minimum atomic E-state index is -0.873. The number of hydrogen-bond acceptors (Lipinski definition) is 6. The molecule has 0 aliphatic rings. The van der Waals surface area contributed by atoms with E-state index >= 15 is 0 Å². The van der Waals surface area contributed by atoms with E-state index in [4.69, 9.17) is 14.2 Å². The summed E-state index contributed by atoms with van der Waals surface area (Å²) >= 11 is 0. The highest BCUT2D eigenvalue weighted by atomic mass is 16.6. The molecule has 0 spiro atoms. The SMILES string of the molecule is CC/C=C/C/C=C/C/C=C/C/C=C/CCCCCCCCCCCCC(=O)OCC(COCCC(C(=O)O)[N+](C)(C)C)OC(=O)CCCCCCCCCCCCCCCCCCC. The van der Waals surface area contributed by atoms with Gasteiger partial charge in [0.05, 0.1) is 34.4 Å². The Morgan fingerprint density at radius 2 is 0.875 bits per heavy atom. The molecule has 2 unspecified atom stereocenters. The molecule has 8 heteroatoms. The van der Waals surface area contributed by atoms with E-state index in [2.05, 4.69) is 62.5 Å². The molecule has 0 rings (SSSR count). The third-order valence-corrected chi connectivity index (χ3v) is 12.0. The van der Waals surface area contributed by atoms with Gasteiger partial charge in [-0.15, -0.1) is 0 Å². The van der Waals surface area contributed by atoms with Crippen molar-refractivity contribution in [1.82, 2.24) is 0 Å². The maximum atomic E-state index is 12.8. The molecule has 0 saturated carbocycles. The van der Waals surface area contributed by atoms with Crippen molar-refractivity contribution in [1.29, 1.82) is 0 Å². The summed E-state index contributed by atoms with van der Waals surface area (Å²) in [5.74, 6) is -1.46. The van der Waals surface area contributed by atoms with Gasteiger partial charge in [-0.25, -0.2) is 4.79 Å². The highest BCUT2D eigenvalue weighted by molar-refractivity contribution is 5.72. The number of esters is 2. The smallest absolute Gasteiger partial charge is 0.362 e. The van der Waals surface area contributed by atoms with E-state index in [1.807, 2.05) is 21.1 Å². The van der Waals surface area contributed by atoms with Crippen molar-refractivity contribution < 1.29 is 38.2 Å². The van der Waals surface area contributed by atoms with E-state index in [9.17, 15) is 19.5 Å². The van der Waals surface area contributed by atoms with E-state index in [1.165, 1.54) is 141 Å². The fraction of sp³-hybridized carbons (Fsp3) is 0.804. The van der Waals surface area contributed by atoms with Crippen molar-refractivity contribution in [3.63, 3.8) is 0 Å². The Morgan fingerprint density at radius 1 is 0.484 bits per heavy atom. The third kappa shape index (κ3) is 44.5. The van der Waals surface area contributed by atoms with Crippen molar-refractivity contribution in [3.8, 4) is 0 Å². The van der Waals surface area contributed by atoms with Crippen LogP contribution in [0.3, 0.4) is 0 Å². The van der Waals surface area contributed by atoms with Crippen LogP contribution in [0.5, 0.6) is 0 Å². The van der Waals surface area contributed by atoms with Crippen LogP contribution in [-0.4, -0.2) is 80.6 Å². The van der Waals surface area contributed by atoms with Gasteiger partial charge in [0.2, 0.25) is 0 Å². The first-order chi connectivity index (χ1) is 31.1. The summed E-state index contributed by atoms with van der Waals surface area (Å²) in [6.07, 6.45) is 57.3. The van der Waals surface area contributed by atoms with Gasteiger partial charge in [-0.05, 0) is 51.4 Å². The molecule has 64 heavy (non-hydrogen) atoms. The Balaban J connectivity index is 4.19. The van der Waals surface area contributed by atoms with Gasteiger partial charge in [0.25, 0.3) is 0 Å². The number of unbranched alkanes of at least 4 members (excludes halogenated alkanes) is 26. The Kier molecular flexibility index (Phi) is 44.8. The maximum absolute atomic E-state index is 12.8. The lowest BCUT2D eigenvalue weighted by molar-refractivity contribution is -0.887. The first-order valence-electron chi connectivity index (χ1n) is 26.7. The van der Waals surface area contributed by atoms with Gasteiger partial charge in [0, 0.05) is 19.3 Å². The lowest BCUT2D eigenvalue weighted by Gasteiger charge is -2.31. The fourth-order valence-electron chi connectivity index (χ4n) is 7.91. The van der Waals surface area contributed by atoms with Crippen LogP contribution in [-0.2, 0) is 28.6 Å². The number of carbonyl (C=O) groups excluding carboxylic acids is 2. The molecule has 0 aliphatic heterocycles. The molecular weight excluding hydrogens is 799 g/mol. The number of likely N-dealkylation sites (N-methyl/N-ethyl adjacent to an activating group) is 1. The van der Waals surface area contributed by atoms with E-state index in [0.29, 0.717) is 19.3 Å². The standard InChI is InChI=1S/C56H101NO7/c1-6-8-10-12-14-16-18-20-22-24-25-26-27-28-29-31-32-34-36-38-40-42-44-46-54(58)63-51-52(50-62-49-48-53(56(60)61)57(3,4)5)64-55(59)47-45-43-41-39-37-35-33-30-23-21-19-17-15-13-11-9-7-2/h8,10,14,16,20,22,25-26,52-53H,6-7,9,11-13,15,17-19,21,23-24,27-51H2,1-5H3/p+1/b10-8+,16-14+,22-20+,26-25+. The van der Waals surface area contributed by atoms with Crippen LogP contribution in [0.25, 0.3) is 0 Å². The van der Waals surface area contributed by atoms with Crippen molar-refractivity contribution >= 4 is 17.9 Å². The molecule has 0 aromatic heterocycles. The Hall–Kier alpha value is -2.71. The number of hydrogen-bond donors (Lipinski definition) is 1. The maximum Gasteiger partial charge on any atom is 0.362 e. The predicted octanol–water partition coefficient (Wildman–Crippen LogP) is 15.5. The number of carboxylic acids is 1. The average molecular weight is 901 g/mol. The van der Waals surface area contributed by atoms with Crippen LogP contribution in [0, 0.1) is 0 Å². The summed E-state index contributed by atoms with van der Waals surface area (Å²) in [5.41, 5.74) is 0. The van der Waals surface area contributed by atoms with Crippen LogP contribution in [0.15, 0.2) is 48.6 Å². The van der Waals surface area contributed by atoms with Gasteiger partial charge in [0.15, 0.2) is 12.1 Å². The van der Waals surface area contributed by atoms with Crippen molar-refractivity contribution in [2.24, 2.45) is 0 Å². The molecule has 0 amide bonds. The molecule has 0 bridgehead atoms. The van der Waals surface area contributed by atoms with Crippen LogP contribution in [0.2, 0.25) is 0 Å². The van der Waals surface area contributed by atoms with Crippen molar-refractivity contribution in [2.75, 3.05) is 41.0 Å². The highest BCUT2D eigenvalue weighted by Crippen LogP contribution is 2.16. The van der Waals surface area contributed by atoms with Gasteiger partial charge >= 0.3 is 17.9 Å². The fourth-order valence-corrected chi connectivity index (χ4v) is 7.91. The lowest BCUT2D eigenvalue weighted by atomic mass is 10.0. The summed E-state index contributed by atoms with van der Waals surface area (Å²) in [7, 11) is 5.54. The molecule has 0 heterocycles. The van der Waals surface area contributed by atoms with Gasteiger partial charge in [0.1, 0.15) is 6.61 Å². The molecular formula is C56H102NO7+. The molecule has 0 aromatic carbocycles. The van der Waals surface area contributed by atoms with E-state index in [-0.39, 0.29) is 36.2 Å². The molecule has 1 N–H and O–H groups in total. The molecule has 0 aliphatic carbocycles. The quantitative estimate of drug-likeness (QED) is 0.0281. The van der Waals surface area contributed by atoms with Gasteiger partial charge in [-0.1, -0.05) is 217 Å². The van der Waals surface area contributed by atoms with Crippen LogP contribution >= 0.6 is 0 Å². The Labute approximate surface area is 395 Å². The second kappa shape index (κ2) is 46.8. The van der Waals surface area contributed by atoms with E-state index in [1.54, 1.807) is 0 Å². The number of aliphatic carboxylic acids is 1. The second-order valence-corrected chi connectivity index (χ2v) is 19.1. The minimum absolute atomic E-state index is 0.0508. The summed E-state index contributed by atoms with van der Waals surface area (Å²) in [5, 5.41) is 9.66. The number of carbonyl (C=O) groups is 3. The number of nitrogens with zero attached hydrogens (tertiary/aromatic N) is 1. The van der Waals surface area contributed by atoms with E-state index < -0.39 is 18.1 Å². The zero-order chi connectivity index (χ0) is 47.0. The Bertz CT molecular complexity index is 1190. The number of ether oxygens (including phenoxy) is 3. The average Bonchev–Trinajstić information content (AvgIpc) is 3.26.